The molecule has 95 valence electrons. The van der Waals surface area contributed by atoms with Gasteiger partial charge in [0, 0.05) is 0 Å². The first-order chi connectivity index (χ1) is 8.55. The lowest BCUT2D eigenvalue weighted by atomic mass is 10.0. The van der Waals surface area contributed by atoms with Gasteiger partial charge in [-0.15, -0.1) is 0 Å². The number of aryl methyl sites for hydroxylation is 1. The number of rotatable bonds is 3. The maximum Gasteiger partial charge on any atom is 0.137 e. The minimum absolute atomic E-state index is 0.515. The van der Waals surface area contributed by atoms with E-state index in [0.717, 1.165) is 10.9 Å². The molecule has 0 amide bonds. The first-order valence-electron chi connectivity index (χ1n) is 6.69. The second kappa shape index (κ2) is 5.11. The van der Waals surface area contributed by atoms with Crippen LogP contribution in [0.1, 0.15) is 25.8 Å². The lowest BCUT2D eigenvalue weighted by Crippen LogP contribution is -2.49. The molecule has 0 saturated carbocycles. The molecule has 1 aromatic rings. The average Bonchev–Trinajstić information content (AvgIpc) is 2.39. The number of hydrogen-bond acceptors (Lipinski definition) is 0. The lowest BCUT2D eigenvalue weighted by molar-refractivity contribution is 0.346. The summed E-state index contributed by atoms with van der Waals surface area (Å²) in [6, 6.07) is 9.42. The van der Waals surface area contributed by atoms with Crippen LogP contribution in [0.5, 0.6) is 0 Å². The van der Waals surface area contributed by atoms with Crippen LogP contribution in [0.4, 0.5) is 5.69 Å². The molecule has 1 atom stereocenters. The Morgan fingerprint density at radius 2 is 1.78 bits per heavy atom. The number of likely N-dealkylation sites (N-methyl/N-ethyl adjacent to an activating group) is 1. The van der Waals surface area contributed by atoms with Crippen molar-refractivity contribution in [1.29, 1.82) is 0 Å². The first-order valence-corrected chi connectivity index (χ1v) is 6.69. The van der Waals surface area contributed by atoms with Gasteiger partial charge in [-0.3, -0.25) is 4.48 Å². The zero-order chi connectivity index (χ0) is 13.2. The Kier molecular flexibility index (Phi) is 3.72. The summed E-state index contributed by atoms with van der Waals surface area (Å²) in [6.45, 7) is 6.71. The summed E-state index contributed by atoms with van der Waals surface area (Å²) in [6.07, 6.45) is 9.98. The third-order valence-corrected chi connectivity index (χ3v) is 4.01. The Bertz CT molecular complexity index is 465. The van der Waals surface area contributed by atoms with Gasteiger partial charge < -0.3 is 0 Å². The molecule has 0 saturated heterocycles. The molecule has 2 rings (SSSR count). The highest BCUT2D eigenvalue weighted by Crippen LogP contribution is 2.32. The maximum absolute atomic E-state index is 2.33. The monoisotopic (exact) mass is 241 g/mol. The SMILES string of the molecule is Cc1ccc([N+](C)(C2=CC[CH]C=C2)C(C)C)cc1. The van der Waals surface area contributed by atoms with E-state index < -0.39 is 0 Å². The molecule has 1 aromatic carbocycles. The number of hydrogen-bond donors (Lipinski definition) is 0. The van der Waals surface area contributed by atoms with Gasteiger partial charge in [0.05, 0.1) is 13.1 Å². The van der Waals surface area contributed by atoms with Crippen molar-refractivity contribution >= 4 is 5.69 Å². The average molecular weight is 241 g/mol. The van der Waals surface area contributed by atoms with Gasteiger partial charge in [0.25, 0.3) is 0 Å². The molecule has 1 aliphatic rings. The van der Waals surface area contributed by atoms with Crippen molar-refractivity contribution < 1.29 is 0 Å². The van der Waals surface area contributed by atoms with Crippen molar-refractivity contribution in [1.82, 2.24) is 4.48 Å². The summed E-state index contributed by atoms with van der Waals surface area (Å²) >= 11 is 0. The highest BCUT2D eigenvalue weighted by Gasteiger charge is 2.33. The Labute approximate surface area is 111 Å². The molecule has 1 nitrogen and oxygen atoms in total. The Balaban J connectivity index is 2.47. The van der Waals surface area contributed by atoms with E-state index in [4.69, 9.17) is 0 Å². The van der Waals surface area contributed by atoms with E-state index in [0.29, 0.717) is 6.04 Å². The zero-order valence-corrected chi connectivity index (χ0v) is 11.9. The largest absolute Gasteiger partial charge is 0.260 e. The molecule has 0 aromatic heterocycles. The smallest absolute Gasteiger partial charge is 0.137 e. The molecule has 0 heterocycles. The molecule has 1 heteroatoms. The van der Waals surface area contributed by atoms with Gasteiger partial charge in [-0.25, -0.2) is 0 Å². The van der Waals surface area contributed by atoms with Crippen molar-refractivity contribution in [2.45, 2.75) is 33.2 Å². The van der Waals surface area contributed by atoms with Gasteiger partial charge >= 0.3 is 0 Å². The molecule has 0 N–H and O–H groups in total. The number of nitrogens with zero attached hydrogens (tertiary/aromatic N) is 1. The summed E-state index contributed by atoms with van der Waals surface area (Å²) < 4.78 is 0.866. The number of quaternary nitrogens is 1. The van der Waals surface area contributed by atoms with Crippen molar-refractivity contribution in [2.75, 3.05) is 7.05 Å². The normalized spacial score (nSPS) is 18.6. The number of benzene rings is 1. The summed E-state index contributed by atoms with van der Waals surface area (Å²) in [5.41, 5.74) is 4.06. The second-order valence-corrected chi connectivity index (χ2v) is 5.46. The fraction of sp³-hybridized carbons (Fsp3) is 0.353. The summed E-state index contributed by atoms with van der Waals surface area (Å²) in [7, 11) is 2.30. The molecule has 0 bridgehead atoms. The van der Waals surface area contributed by atoms with Gasteiger partial charge in [-0.05, 0) is 57.9 Å². The highest BCUT2D eigenvalue weighted by atomic mass is 15.4. The molecular formula is C17H23N+. The van der Waals surface area contributed by atoms with Crippen LogP contribution in [0, 0.1) is 13.3 Å². The van der Waals surface area contributed by atoms with Crippen molar-refractivity contribution in [2.24, 2.45) is 0 Å². The predicted octanol–water partition coefficient (Wildman–Crippen LogP) is 4.39. The van der Waals surface area contributed by atoms with Crippen LogP contribution in [0.2, 0.25) is 0 Å². The molecule has 18 heavy (non-hydrogen) atoms. The van der Waals surface area contributed by atoms with Crippen molar-refractivity contribution in [3.8, 4) is 0 Å². The standard InChI is InChI=1S/C17H23N/c1-14(2)18(4,16-8-6-5-7-9-16)17-12-10-15(3)11-13-17/h5-6,8-14H,7H2,1-4H3/q+1. The molecule has 1 aliphatic carbocycles. The Morgan fingerprint density at radius 3 is 2.28 bits per heavy atom. The molecule has 0 aliphatic heterocycles. The first kappa shape index (κ1) is 13.1. The van der Waals surface area contributed by atoms with Crippen LogP contribution in [0.25, 0.3) is 0 Å². The van der Waals surface area contributed by atoms with Gasteiger partial charge in [0.15, 0.2) is 0 Å². The van der Waals surface area contributed by atoms with Gasteiger partial charge in [-0.1, -0.05) is 23.8 Å². The van der Waals surface area contributed by atoms with E-state index in [-0.39, 0.29) is 0 Å². The minimum atomic E-state index is 0.515. The van der Waals surface area contributed by atoms with Gasteiger partial charge in [-0.2, -0.15) is 0 Å². The molecule has 0 spiro atoms. The summed E-state index contributed by atoms with van der Waals surface area (Å²) in [5, 5.41) is 0. The van der Waals surface area contributed by atoms with Crippen LogP contribution < -0.4 is 4.48 Å². The quantitative estimate of drug-likeness (QED) is 0.689. The molecule has 0 fully saturated rings. The molecular weight excluding hydrogens is 218 g/mol. The number of allylic oxidation sites excluding steroid dienone is 3. The van der Waals surface area contributed by atoms with Gasteiger partial charge in [0.1, 0.15) is 11.4 Å². The van der Waals surface area contributed by atoms with Gasteiger partial charge in [0.2, 0.25) is 0 Å². The van der Waals surface area contributed by atoms with E-state index >= 15 is 0 Å². The summed E-state index contributed by atoms with van der Waals surface area (Å²) in [5.74, 6) is 0. The molecule has 1 unspecified atom stereocenters. The van der Waals surface area contributed by atoms with E-state index in [9.17, 15) is 0 Å². The van der Waals surface area contributed by atoms with Crippen LogP contribution in [0.15, 0.2) is 48.2 Å². The molecule has 1 radical (unpaired) electrons. The highest BCUT2D eigenvalue weighted by molar-refractivity contribution is 5.52. The predicted molar refractivity (Wildman–Crippen MR) is 80.2 cm³/mol. The van der Waals surface area contributed by atoms with Crippen LogP contribution >= 0.6 is 0 Å². The maximum atomic E-state index is 2.33. The van der Waals surface area contributed by atoms with E-state index in [1.54, 1.807) is 0 Å². The fourth-order valence-electron chi connectivity index (χ4n) is 2.45. The summed E-state index contributed by atoms with van der Waals surface area (Å²) in [4.78, 5) is 0. The third kappa shape index (κ3) is 2.28. The van der Waals surface area contributed by atoms with E-state index in [1.807, 2.05) is 0 Å². The third-order valence-electron chi connectivity index (χ3n) is 4.01. The Hall–Kier alpha value is -1.34. The zero-order valence-electron chi connectivity index (χ0n) is 11.9. The van der Waals surface area contributed by atoms with Crippen LogP contribution in [0.3, 0.4) is 0 Å². The second-order valence-electron chi connectivity index (χ2n) is 5.46. The van der Waals surface area contributed by atoms with E-state index in [2.05, 4.69) is 76.7 Å². The van der Waals surface area contributed by atoms with Crippen molar-refractivity contribution in [3.63, 3.8) is 0 Å². The Morgan fingerprint density at radius 1 is 1.11 bits per heavy atom. The van der Waals surface area contributed by atoms with Crippen LogP contribution in [-0.4, -0.2) is 13.1 Å². The minimum Gasteiger partial charge on any atom is -0.260 e. The van der Waals surface area contributed by atoms with Crippen LogP contribution in [-0.2, 0) is 0 Å². The van der Waals surface area contributed by atoms with E-state index in [1.165, 1.54) is 16.9 Å². The fourth-order valence-corrected chi connectivity index (χ4v) is 2.45. The van der Waals surface area contributed by atoms with Crippen molar-refractivity contribution in [3.05, 3.63) is 60.2 Å². The lowest BCUT2D eigenvalue weighted by Gasteiger charge is -2.39. The topological polar surface area (TPSA) is 0 Å².